The van der Waals surface area contributed by atoms with E-state index < -0.39 is 10.8 Å². The first-order valence-corrected chi connectivity index (χ1v) is 7.76. The van der Waals surface area contributed by atoms with Crippen molar-refractivity contribution in [2.24, 2.45) is 0 Å². The Kier molecular flexibility index (Phi) is 11.6. The molecule has 0 saturated heterocycles. The summed E-state index contributed by atoms with van der Waals surface area (Å²) in [7, 11) is 1.03. The number of nitrogens with one attached hydrogen (secondary N) is 1. The summed E-state index contributed by atoms with van der Waals surface area (Å²) in [4.78, 5) is 0. The van der Waals surface area contributed by atoms with Gasteiger partial charge in [-0.3, -0.25) is 4.21 Å². The van der Waals surface area contributed by atoms with Gasteiger partial charge in [-0.25, -0.2) is 0 Å². The van der Waals surface area contributed by atoms with Crippen LogP contribution in [0.5, 0.6) is 0 Å². The van der Waals surface area contributed by atoms with Crippen LogP contribution in [0.15, 0.2) is 0 Å². The maximum atomic E-state index is 11.5. The Morgan fingerprint density at radius 2 is 2.00 bits per heavy atom. The van der Waals surface area contributed by atoms with Crippen LogP contribution in [0, 0.1) is 0 Å². The normalized spacial score (nSPS) is 14.9. The molecule has 0 aromatic heterocycles. The molecule has 0 amide bonds. The second kappa shape index (κ2) is 11.6. The fraction of sp³-hybridized carbons (Fsp3) is 1.00. The highest BCUT2D eigenvalue weighted by molar-refractivity contribution is 7.84. The Morgan fingerprint density at radius 1 is 1.31 bits per heavy atom. The highest BCUT2D eigenvalue weighted by Crippen LogP contribution is 2.00. The number of methoxy groups -OCH3 is 1. The molecule has 0 bridgehead atoms. The first-order valence-electron chi connectivity index (χ1n) is 6.28. The van der Waals surface area contributed by atoms with Crippen molar-refractivity contribution < 1.29 is 8.95 Å². The maximum Gasteiger partial charge on any atom is 0.0471 e. The molecule has 2 atom stereocenters. The average molecular weight is 249 g/mol. The number of hydrogen-bond acceptors (Lipinski definition) is 3. The van der Waals surface area contributed by atoms with Crippen LogP contribution in [0.1, 0.15) is 39.5 Å². The van der Waals surface area contributed by atoms with E-state index in [2.05, 4.69) is 19.2 Å². The fourth-order valence-electron chi connectivity index (χ4n) is 1.51. The molecule has 0 rings (SSSR count). The van der Waals surface area contributed by atoms with Gasteiger partial charge in [-0.15, -0.1) is 0 Å². The fourth-order valence-corrected chi connectivity index (χ4v) is 2.64. The summed E-state index contributed by atoms with van der Waals surface area (Å²) in [5, 5.41) is 3.44. The van der Waals surface area contributed by atoms with Crippen molar-refractivity contribution in [2.75, 3.05) is 31.8 Å². The Bertz CT molecular complexity index is 176. The zero-order valence-corrected chi connectivity index (χ0v) is 11.8. The summed E-state index contributed by atoms with van der Waals surface area (Å²) in [6, 6.07) is 0.552. The van der Waals surface area contributed by atoms with Crippen molar-refractivity contribution in [1.82, 2.24) is 5.32 Å². The lowest BCUT2D eigenvalue weighted by atomic mass is 10.2. The molecule has 1 N–H and O–H groups in total. The minimum Gasteiger partial charge on any atom is -0.385 e. The summed E-state index contributed by atoms with van der Waals surface area (Å²) in [6.07, 6.45) is 4.26. The molecule has 0 saturated carbocycles. The highest BCUT2D eigenvalue weighted by Gasteiger charge is 2.03. The third kappa shape index (κ3) is 10.6. The lowest BCUT2D eigenvalue weighted by molar-refractivity contribution is 0.200. The van der Waals surface area contributed by atoms with Crippen LogP contribution >= 0.6 is 0 Å². The summed E-state index contributed by atoms with van der Waals surface area (Å²) in [5.74, 6) is 1.62. The van der Waals surface area contributed by atoms with E-state index in [9.17, 15) is 4.21 Å². The number of ether oxygens (including phenoxy) is 1. The third-order valence-electron chi connectivity index (χ3n) is 2.47. The largest absolute Gasteiger partial charge is 0.385 e. The van der Waals surface area contributed by atoms with Crippen LogP contribution in [0.3, 0.4) is 0 Å². The molecule has 4 heteroatoms. The zero-order valence-electron chi connectivity index (χ0n) is 11.0. The maximum absolute atomic E-state index is 11.5. The quantitative estimate of drug-likeness (QED) is 0.569. The number of rotatable bonds is 11. The molecule has 3 nitrogen and oxygen atoms in total. The lowest BCUT2D eigenvalue weighted by Crippen LogP contribution is -2.27. The predicted molar refractivity (Wildman–Crippen MR) is 71.4 cm³/mol. The van der Waals surface area contributed by atoms with E-state index in [1.165, 1.54) is 6.42 Å². The van der Waals surface area contributed by atoms with Crippen LogP contribution in [0.2, 0.25) is 0 Å². The van der Waals surface area contributed by atoms with E-state index in [1.807, 2.05) is 0 Å². The second-order valence-corrected chi connectivity index (χ2v) is 5.89. The lowest BCUT2D eigenvalue weighted by Gasteiger charge is -2.12. The highest BCUT2D eigenvalue weighted by atomic mass is 32.2. The van der Waals surface area contributed by atoms with Crippen LogP contribution in [0.25, 0.3) is 0 Å². The molecule has 0 heterocycles. The second-order valence-electron chi connectivity index (χ2n) is 4.19. The van der Waals surface area contributed by atoms with Crippen molar-refractivity contribution in [1.29, 1.82) is 0 Å². The van der Waals surface area contributed by atoms with Gasteiger partial charge in [0.2, 0.25) is 0 Å². The molecule has 0 aromatic rings. The summed E-state index contributed by atoms with van der Waals surface area (Å²) in [5.41, 5.74) is 0. The molecule has 0 aliphatic carbocycles. The molecule has 0 aliphatic rings. The summed E-state index contributed by atoms with van der Waals surface area (Å²) >= 11 is 0. The van der Waals surface area contributed by atoms with Gasteiger partial charge in [0.15, 0.2) is 0 Å². The van der Waals surface area contributed by atoms with Gasteiger partial charge in [0.25, 0.3) is 0 Å². The molecule has 16 heavy (non-hydrogen) atoms. The van der Waals surface area contributed by atoms with Crippen LogP contribution in [-0.2, 0) is 15.5 Å². The zero-order chi connectivity index (χ0) is 12.2. The van der Waals surface area contributed by atoms with Crippen molar-refractivity contribution in [2.45, 2.75) is 45.6 Å². The Morgan fingerprint density at radius 3 is 2.62 bits per heavy atom. The molecular weight excluding hydrogens is 222 g/mol. The third-order valence-corrected chi connectivity index (χ3v) is 3.96. The van der Waals surface area contributed by atoms with Gasteiger partial charge >= 0.3 is 0 Å². The Balaban J connectivity index is 3.32. The van der Waals surface area contributed by atoms with Crippen molar-refractivity contribution >= 4 is 10.8 Å². The summed E-state index contributed by atoms with van der Waals surface area (Å²) < 4.78 is 16.5. The minimum atomic E-state index is -0.651. The standard InChI is InChI=1S/C12H27NO2S/c1-4-8-13-12(2)7-5-10-16(14)11-6-9-15-3/h12-13H,4-11H2,1-3H3. The van der Waals surface area contributed by atoms with E-state index >= 15 is 0 Å². The predicted octanol–water partition coefficient (Wildman–Crippen LogP) is 1.94. The summed E-state index contributed by atoms with van der Waals surface area (Å²) in [6.45, 7) is 6.17. The van der Waals surface area contributed by atoms with Gasteiger partial charge < -0.3 is 10.1 Å². The van der Waals surface area contributed by atoms with Gasteiger partial charge in [0, 0.05) is 42.1 Å². The molecule has 0 aromatic carbocycles. The average Bonchev–Trinajstić information content (AvgIpc) is 2.26. The topological polar surface area (TPSA) is 38.3 Å². The van der Waals surface area contributed by atoms with Gasteiger partial charge in [0.1, 0.15) is 0 Å². The molecule has 0 spiro atoms. The Hall–Kier alpha value is 0.0700. The molecule has 2 unspecified atom stereocenters. The van der Waals surface area contributed by atoms with E-state index in [-0.39, 0.29) is 0 Å². The monoisotopic (exact) mass is 249 g/mol. The van der Waals surface area contributed by atoms with Crippen molar-refractivity contribution in [3.63, 3.8) is 0 Å². The van der Waals surface area contributed by atoms with E-state index in [4.69, 9.17) is 4.74 Å². The Labute approximate surface area is 103 Å². The molecule has 0 fully saturated rings. The van der Waals surface area contributed by atoms with Gasteiger partial charge in [-0.05, 0) is 39.2 Å². The first kappa shape index (κ1) is 16.1. The van der Waals surface area contributed by atoms with Crippen molar-refractivity contribution in [3.8, 4) is 0 Å². The van der Waals surface area contributed by atoms with Crippen LogP contribution in [0.4, 0.5) is 0 Å². The number of hydrogen-bond donors (Lipinski definition) is 1. The van der Waals surface area contributed by atoms with E-state index in [1.54, 1.807) is 7.11 Å². The van der Waals surface area contributed by atoms with Gasteiger partial charge in [0.05, 0.1) is 0 Å². The molecular formula is C12H27NO2S. The van der Waals surface area contributed by atoms with E-state index in [0.29, 0.717) is 6.04 Å². The first-order chi connectivity index (χ1) is 7.70. The molecule has 98 valence electrons. The molecule has 0 radical (unpaired) electrons. The minimum absolute atomic E-state index is 0.552. The SMILES string of the molecule is CCCNC(C)CCCS(=O)CCCOC. The van der Waals surface area contributed by atoms with Gasteiger partial charge in [-0.1, -0.05) is 6.92 Å². The van der Waals surface area contributed by atoms with Crippen LogP contribution in [-0.4, -0.2) is 42.0 Å². The molecule has 0 aliphatic heterocycles. The van der Waals surface area contributed by atoms with Crippen molar-refractivity contribution in [3.05, 3.63) is 0 Å². The van der Waals surface area contributed by atoms with E-state index in [0.717, 1.165) is 43.9 Å². The van der Waals surface area contributed by atoms with Gasteiger partial charge in [-0.2, -0.15) is 0 Å². The smallest absolute Gasteiger partial charge is 0.0471 e. The van der Waals surface area contributed by atoms with Crippen LogP contribution < -0.4 is 5.32 Å².